The number of carboxylic acids is 1. The van der Waals surface area contributed by atoms with Gasteiger partial charge in [-0.1, -0.05) is 30.8 Å². The molecule has 0 aliphatic rings. The number of aliphatic hydroxyl groups excluding tert-OH is 1. The minimum atomic E-state index is -0.973. The minimum absolute atomic E-state index is 0.0137. The lowest BCUT2D eigenvalue weighted by Crippen LogP contribution is -2.30. The molecule has 0 saturated heterocycles. The highest BCUT2D eigenvalue weighted by Gasteiger charge is 2.20. The van der Waals surface area contributed by atoms with Crippen molar-refractivity contribution in [2.75, 3.05) is 12.4 Å². The van der Waals surface area contributed by atoms with E-state index in [-0.39, 0.29) is 36.5 Å². The molecule has 0 bridgehead atoms. The molecular weight excluding hydrogens is 424 g/mol. The zero-order valence-corrected chi connectivity index (χ0v) is 18.0. The number of rotatable bonds is 10. The van der Waals surface area contributed by atoms with E-state index in [1.54, 1.807) is 0 Å². The second kappa shape index (κ2) is 9.84. The van der Waals surface area contributed by atoms with Gasteiger partial charge in [0.15, 0.2) is 16.3 Å². The van der Waals surface area contributed by atoms with Crippen LogP contribution in [0.25, 0.3) is 11.2 Å². The van der Waals surface area contributed by atoms with Crippen LogP contribution >= 0.6 is 11.8 Å². The van der Waals surface area contributed by atoms with Gasteiger partial charge in [0.25, 0.3) is 5.56 Å². The molecule has 0 fully saturated rings. The number of aryl methyl sites for hydroxylation is 2. The Hall–Kier alpha value is -3.05. The predicted molar refractivity (Wildman–Crippen MR) is 116 cm³/mol. The third-order valence-corrected chi connectivity index (χ3v) is 5.66. The van der Waals surface area contributed by atoms with Crippen LogP contribution in [0, 0.1) is 0 Å². The first-order valence-electron chi connectivity index (χ1n) is 9.74. The number of aliphatic hydroxyl groups is 1. The number of aromatic nitrogens is 4. The van der Waals surface area contributed by atoms with Crippen molar-refractivity contribution in [3.63, 3.8) is 0 Å². The maximum absolute atomic E-state index is 12.4. The lowest BCUT2D eigenvalue weighted by atomic mass is 10.2. The molecule has 0 spiro atoms. The van der Waals surface area contributed by atoms with Gasteiger partial charge < -0.3 is 19.5 Å². The largest absolute Gasteiger partial charge is 0.491 e. The summed E-state index contributed by atoms with van der Waals surface area (Å²) in [5.41, 5.74) is 0.231. The highest BCUT2D eigenvalue weighted by atomic mass is 32.2. The van der Waals surface area contributed by atoms with E-state index >= 15 is 0 Å². The van der Waals surface area contributed by atoms with Gasteiger partial charge in [-0.2, -0.15) is 0 Å². The summed E-state index contributed by atoms with van der Waals surface area (Å²) in [5.74, 6) is -0.119. The molecule has 3 rings (SSSR count). The first kappa shape index (κ1) is 22.6. The van der Waals surface area contributed by atoms with Gasteiger partial charge in [-0.3, -0.25) is 19.1 Å². The van der Waals surface area contributed by atoms with Gasteiger partial charge in [0.2, 0.25) is 0 Å². The molecule has 0 saturated carbocycles. The van der Waals surface area contributed by atoms with Crippen LogP contribution in [0.2, 0.25) is 0 Å². The summed E-state index contributed by atoms with van der Waals surface area (Å²) in [6.45, 7) is 2.02. The molecule has 1 atom stereocenters. The first-order chi connectivity index (χ1) is 14.8. The lowest BCUT2D eigenvalue weighted by Gasteiger charge is -2.15. The van der Waals surface area contributed by atoms with Crippen molar-refractivity contribution >= 4 is 28.9 Å². The third kappa shape index (κ3) is 5.36. The Morgan fingerprint density at radius 3 is 2.65 bits per heavy atom. The number of carbonyl (C=O) groups is 1. The topological polar surface area (TPSA) is 139 Å². The Balaban J connectivity index is 1.83. The van der Waals surface area contributed by atoms with Crippen molar-refractivity contribution in [1.82, 2.24) is 19.1 Å². The fourth-order valence-electron chi connectivity index (χ4n) is 3.00. The standard InChI is InChI=1S/C20H24N4O6S/c1-3-12-4-6-14(7-5-12)30-11-13(25)10-24-16-17(23(2)19(29)22-18(16)28)21-20(24)31-9-8-15(26)27/h4-7,13,25H,3,8-11H2,1-2H3,(H,26,27)(H,22,28,29)/t13-/m1/s1. The fraction of sp³-hybridized carbons (Fsp3) is 0.400. The van der Waals surface area contributed by atoms with Gasteiger partial charge in [0.1, 0.15) is 18.5 Å². The van der Waals surface area contributed by atoms with Gasteiger partial charge >= 0.3 is 11.7 Å². The van der Waals surface area contributed by atoms with Gasteiger partial charge in [-0.25, -0.2) is 9.78 Å². The fourth-order valence-corrected chi connectivity index (χ4v) is 3.93. The van der Waals surface area contributed by atoms with E-state index in [2.05, 4.69) is 16.9 Å². The van der Waals surface area contributed by atoms with Crippen molar-refractivity contribution in [3.05, 3.63) is 50.7 Å². The molecule has 11 heteroatoms. The number of fused-ring (bicyclic) bond motifs is 1. The van der Waals surface area contributed by atoms with Crippen LogP contribution in [0.1, 0.15) is 18.9 Å². The van der Waals surface area contributed by atoms with Crippen molar-refractivity contribution < 1.29 is 19.7 Å². The summed E-state index contributed by atoms with van der Waals surface area (Å²) >= 11 is 1.14. The van der Waals surface area contributed by atoms with Crippen LogP contribution in [0.15, 0.2) is 39.0 Å². The summed E-state index contributed by atoms with van der Waals surface area (Å²) in [6, 6.07) is 7.54. The van der Waals surface area contributed by atoms with Gasteiger partial charge in [-0.15, -0.1) is 0 Å². The summed E-state index contributed by atoms with van der Waals surface area (Å²) in [6.07, 6.45) is -0.155. The van der Waals surface area contributed by atoms with Crippen LogP contribution in [0.5, 0.6) is 5.75 Å². The molecule has 3 N–H and O–H groups in total. The Morgan fingerprint density at radius 2 is 2.00 bits per heavy atom. The number of benzene rings is 1. The summed E-state index contributed by atoms with van der Waals surface area (Å²) in [4.78, 5) is 41.8. The Morgan fingerprint density at radius 1 is 1.29 bits per heavy atom. The highest BCUT2D eigenvalue weighted by molar-refractivity contribution is 7.99. The summed E-state index contributed by atoms with van der Waals surface area (Å²) in [5, 5.41) is 19.8. The highest BCUT2D eigenvalue weighted by Crippen LogP contribution is 2.23. The van der Waals surface area contributed by atoms with Gasteiger partial charge in [0, 0.05) is 12.8 Å². The molecule has 2 aromatic heterocycles. The Bertz CT molecular complexity index is 1180. The zero-order chi connectivity index (χ0) is 22.5. The molecule has 0 aliphatic carbocycles. The molecule has 0 aliphatic heterocycles. The van der Waals surface area contributed by atoms with Crippen molar-refractivity contribution in [1.29, 1.82) is 0 Å². The number of hydrogen-bond acceptors (Lipinski definition) is 7. The first-order valence-corrected chi connectivity index (χ1v) is 10.7. The molecule has 166 valence electrons. The Kier molecular flexibility index (Phi) is 7.18. The van der Waals surface area contributed by atoms with Crippen LogP contribution in [-0.2, 0) is 24.8 Å². The van der Waals surface area contributed by atoms with Crippen LogP contribution in [-0.4, -0.2) is 53.7 Å². The number of nitrogens with one attached hydrogen (secondary N) is 1. The van der Waals surface area contributed by atoms with Crippen molar-refractivity contribution in [2.45, 2.75) is 37.6 Å². The molecule has 0 unspecified atom stereocenters. The molecular formula is C20H24N4O6S. The maximum Gasteiger partial charge on any atom is 0.329 e. The molecule has 10 nitrogen and oxygen atoms in total. The number of H-pyrrole nitrogens is 1. The molecule has 3 aromatic rings. The second-order valence-electron chi connectivity index (χ2n) is 6.95. The van der Waals surface area contributed by atoms with E-state index in [1.165, 1.54) is 21.7 Å². The minimum Gasteiger partial charge on any atom is -0.491 e. The Labute approximate surface area is 181 Å². The average Bonchev–Trinajstić information content (AvgIpc) is 3.09. The monoisotopic (exact) mass is 448 g/mol. The number of aliphatic carboxylic acids is 1. The zero-order valence-electron chi connectivity index (χ0n) is 17.2. The van der Waals surface area contributed by atoms with E-state index in [1.807, 2.05) is 24.3 Å². The van der Waals surface area contributed by atoms with Crippen LogP contribution in [0.3, 0.4) is 0 Å². The number of aromatic amines is 1. The number of hydrogen-bond donors (Lipinski definition) is 3. The quantitative estimate of drug-likeness (QED) is 0.390. The molecule has 1 aromatic carbocycles. The third-order valence-electron chi connectivity index (χ3n) is 4.69. The normalized spacial score (nSPS) is 12.2. The number of nitrogens with zero attached hydrogens (tertiary/aromatic N) is 3. The van der Waals surface area contributed by atoms with E-state index in [4.69, 9.17) is 9.84 Å². The second-order valence-corrected chi connectivity index (χ2v) is 8.01. The van der Waals surface area contributed by atoms with Gasteiger partial charge in [-0.05, 0) is 24.1 Å². The van der Waals surface area contributed by atoms with Crippen molar-refractivity contribution in [2.24, 2.45) is 7.05 Å². The molecule has 0 radical (unpaired) electrons. The number of carboxylic acid groups (broad SMARTS) is 1. The number of ether oxygens (including phenoxy) is 1. The van der Waals surface area contributed by atoms with Crippen molar-refractivity contribution in [3.8, 4) is 5.75 Å². The molecule has 0 amide bonds. The van der Waals surface area contributed by atoms with E-state index in [0.29, 0.717) is 10.9 Å². The van der Waals surface area contributed by atoms with Gasteiger partial charge in [0.05, 0.1) is 13.0 Å². The van der Waals surface area contributed by atoms with E-state index in [9.17, 15) is 19.5 Å². The molecule has 31 heavy (non-hydrogen) atoms. The summed E-state index contributed by atoms with van der Waals surface area (Å²) < 4.78 is 8.34. The van der Waals surface area contributed by atoms with Crippen LogP contribution in [0.4, 0.5) is 0 Å². The lowest BCUT2D eigenvalue weighted by molar-refractivity contribution is -0.136. The van der Waals surface area contributed by atoms with Crippen LogP contribution < -0.4 is 16.0 Å². The summed E-state index contributed by atoms with van der Waals surface area (Å²) in [7, 11) is 1.48. The van der Waals surface area contributed by atoms with E-state index in [0.717, 1.165) is 18.2 Å². The average molecular weight is 449 g/mol. The predicted octanol–water partition coefficient (Wildman–Crippen LogP) is 0.992. The smallest absolute Gasteiger partial charge is 0.329 e. The number of imidazole rings is 1. The molecule has 2 heterocycles. The SMILES string of the molecule is CCc1ccc(OC[C@H](O)Cn2c(SCCC(=O)O)nc3c2c(=O)[nH]c(=O)n3C)cc1. The number of thioether (sulfide) groups is 1. The van der Waals surface area contributed by atoms with E-state index < -0.39 is 23.3 Å². The maximum atomic E-state index is 12.4.